The van der Waals surface area contributed by atoms with Crippen molar-refractivity contribution in [2.75, 3.05) is 5.32 Å². The molecular weight excluding hydrogens is 322 g/mol. The lowest BCUT2D eigenvalue weighted by molar-refractivity contribution is -0.384. The van der Waals surface area contributed by atoms with Gasteiger partial charge in [0.05, 0.1) is 11.2 Å². The van der Waals surface area contributed by atoms with E-state index in [4.69, 9.17) is 4.42 Å². The molecule has 7 nitrogen and oxygen atoms in total. The second kappa shape index (κ2) is 7.31. The van der Waals surface area contributed by atoms with Crippen molar-refractivity contribution < 1.29 is 14.1 Å². The van der Waals surface area contributed by atoms with Crippen LogP contribution < -0.4 is 10.6 Å². The first-order chi connectivity index (χ1) is 12.1. The molecule has 0 bridgehead atoms. The van der Waals surface area contributed by atoms with Gasteiger partial charge in [0, 0.05) is 17.8 Å². The molecule has 1 atom stereocenters. The quantitative estimate of drug-likeness (QED) is 0.541. The van der Waals surface area contributed by atoms with E-state index >= 15 is 0 Å². The fourth-order valence-corrected chi connectivity index (χ4v) is 2.42. The maximum atomic E-state index is 12.3. The molecule has 0 aliphatic rings. The van der Waals surface area contributed by atoms with Gasteiger partial charge in [-0.1, -0.05) is 36.4 Å². The summed E-state index contributed by atoms with van der Waals surface area (Å²) < 4.78 is 5.42. The first-order valence-electron chi connectivity index (χ1n) is 7.54. The molecule has 2 N–H and O–H groups in total. The third kappa shape index (κ3) is 4.03. The van der Waals surface area contributed by atoms with Crippen LogP contribution in [0.15, 0.2) is 77.4 Å². The smallest absolute Gasteiger partial charge is 0.320 e. The number of amides is 2. The minimum Gasteiger partial charge on any atom is -0.467 e. The zero-order chi connectivity index (χ0) is 17.6. The van der Waals surface area contributed by atoms with Crippen LogP contribution in [-0.4, -0.2) is 11.0 Å². The lowest BCUT2D eigenvalue weighted by atomic mass is 10.1. The molecule has 1 unspecified atom stereocenters. The molecule has 3 rings (SSSR count). The van der Waals surface area contributed by atoms with E-state index in [-0.39, 0.29) is 5.69 Å². The summed E-state index contributed by atoms with van der Waals surface area (Å²) in [6, 6.07) is 17.6. The summed E-state index contributed by atoms with van der Waals surface area (Å²) in [6.07, 6.45) is 1.53. The van der Waals surface area contributed by atoms with Crippen molar-refractivity contribution in [1.29, 1.82) is 0 Å². The van der Waals surface area contributed by atoms with Crippen molar-refractivity contribution in [3.63, 3.8) is 0 Å². The van der Waals surface area contributed by atoms with Crippen molar-refractivity contribution in [1.82, 2.24) is 5.32 Å². The molecule has 0 saturated carbocycles. The first-order valence-corrected chi connectivity index (χ1v) is 7.54. The molecule has 7 heteroatoms. The van der Waals surface area contributed by atoms with Gasteiger partial charge in [0.2, 0.25) is 0 Å². The molecule has 126 valence electrons. The summed E-state index contributed by atoms with van der Waals surface area (Å²) in [5.74, 6) is 0.584. The fourth-order valence-electron chi connectivity index (χ4n) is 2.42. The Morgan fingerprint density at radius 1 is 1.04 bits per heavy atom. The Labute approximate surface area is 143 Å². The molecule has 0 radical (unpaired) electrons. The summed E-state index contributed by atoms with van der Waals surface area (Å²) in [5.41, 5.74) is 1.09. The van der Waals surface area contributed by atoms with Crippen LogP contribution in [0.4, 0.5) is 16.2 Å². The van der Waals surface area contributed by atoms with Crippen molar-refractivity contribution >= 4 is 17.4 Å². The number of rotatable bonds is 5. The standard InChI is InChI=1S/C18H15N3O4/c22-18(19-14-8-4-9-15(12-14)21(23)24)20-17(16-10-5-11-25-16)13-6-2-1-3-7-13/h1-12,17H,(H2,19,20,22). The van der Waals surface area contributed by atoms with E-state index in [1.54, 1.807) is 18.2 Å². The van der Waals surface area contributed by atoms with Gasteiger partial charge in [0.25, 0.3) is 5.69 Å². The van der Waals surface area contributed by atoms with E-state index < -0.39 is 17.0 Å². The highest BCUT2D eigenvalue weighted by Gasteiger charge is 2.19. The number of nitrogens with zero attached hydrogens (tertiary/aromatic N) is 1. The summed E-state index contributed by atoms with van der Waals surface area (Å²) in [6.45, 7) is 0. The SMILES string of the molecule is O=C(Nc1cccc([N+](=O)[O-])c1)NC(c1ccccc1)c1ccco1. The lowest BCUT2D eigenvalue weighted by Crippen LogP contribution is -2.33. The van der Waals surface area contributed by atoms with Crippen molar-refractivity contribution in [3.8, 4) is 0 Å². The average molecular weight is 337 g/mol. The number of nitro benzene ring substituents is 1. The number of hydrogen-bond donors (Lipinski definition) is 2. The molecule has 0 aliphatic carbocycles. The van der Waals surface area contributed by atoms with Crippen LogP contribution in [0.5, 0.6) is 0 Å². The van der Waals surface area contributed by atoms with Gasteiger partial charge in [-0.15, -0.1) is 0 Å². The number of non-ortho nitro benzene ring substituents is 1. The number of nitro groups is 1. The van der Waals surface area contributed by atoms with Crippen molar-refractivity contribution in [2.24, 2.45) is 0 Å². The summed E-state index contributed by atoms with van der Waals surface area (Å²) >= 11 is 0. The van der Waals surface area contributed by atoms with Crippen LogP contribution in [0.1, 0.15) is 17.4 Å². The number of hydrogen-bond acceptors (Lipinski definition) is 4. The van der Waals surface area contributed by atoms with E-state index in [1.165, 1.54) is 24.5 Å². The van der Waals surface area contributed by atoms with Gasteiger partial charge >= 0.3 is 6.03 Å². The molecular formula is C18H15N3O4. The summed E-state index contributed by atoms with van der Waals surface area (Å²) in [7, 11) is 0. The normalized spacial score (nSPS) is 11.5. The molecule has 1 aromatic heterocycles. The maximum Gasteiger partial charge on any atom is 0.320 e. The number of carbonyl (C=O) groups excluding carboxylic acids is 1. The minimum absolute atomic E-state index is 0.0940. The van der Waals surface area contributed by atoms with E-state index in [9.17, 15) is 14.9 Å². The second-order valence-electron chi connectivity index (χ2n) is 5.27. The van der Waals surface area contributed by atoms with Gasteiger partial charge in [-0.3, -0.25) is 10.1 Å². The number of nitrogens with one attached hydrogen (secondary N) is 2. The highest BCUT2D eigenvalue weighted by Crippen LogP contribution is 2.23. The zero-order valence-electron chi connectivity index (χ0n) is 13.1. The van der Waals surface area contributed by atoms with Crippen LogP contribution in [0.25, 0.3) is 0 Å². The molecule has 0 fully saturated rings. The van der Waals surface area contributed by atoms with Crippen LogP contribution >= 0.6 is 0 Å². The lowest BCUT2D eigenvalue weighted by Gasteiger charge is -2.17. The van der Waals surface area contributed by atoms with Crippen molar-refractivity contribution in [3.05, 3.63) is 94.4 Å². The monoisotopic (exact) mass is 337 g/mol. The van der Waals surface area contributed by atoms with Gasteiger partial charge in [-0.05, 0) is 23.8 Å². The molecule has 1 heterocycles. The second-order valence-corrected chi connectivity index (χ2v) is 5.27. The Morgan fingerprint density at radius 3 is 2.52 bits per heavy atom. The first kappa shape index (κ1) is 16.3. The molecule has 0 spiro atoms. The third-order valence-electron chi connectivity index (χ3n) is 3.55. The topological polar surface area (TPSA) is 97.4 Å². The predicted octanol–water partition coefficient (Wildman–Crippen LogP) is 4.10. The van der Waals surface area contributed by atoms with Crippen LogP contribution in [0.3, 0.4) is 0 Å². The molecule has 0 aliphatic heterocycles. The largest absolute Gasteiger partial charge is 0.467 e. The summed E-state index contributed by atoms with van der Waals surface area (Å²) in [5, 5.41) is 16.2. The van der Waals surface area contributed by atoms with Crippen molar-refractivity contribution in [2.45, 2.75) is 6.04 Å². The van der Waals surface area contributed by atoms with Gasteiger partial charge in [0.15, 0.2) is 0 Å². The number of urea groups is 1. The van der Waals surface area contributed by atoms with E-state index in [0.29, 0.717) is 11.4 Å². The molecule has 0 saturated heterocycles. The van der Waals surface area contributed by atoms with Gasteiger partial charge in [0.1, 0.15) is 11.8 Å². The van der Waals surface area contributed by atoms with Gasteiger partial charge < -0.3 is 15.1 Å². The Bertz CT molecular complexity index is 863. The maximum absolute atomic E-state index is 12.3. The molecule has 3 aromatic rings. The zero-order valence-corrected chi connectivity index (χ0v) is 13.1. The fraction of sp³-hybridized carbons (Fsp3) is 0.0556. The Balaban J connectivity index is 1.77. The number of carbonyl (C=O) groups is 1. The number of anilines is 1. The molecule has 25 heavy (non-hydrogen) atoms. The van der Waals surface area contributed by atoms with E-state index in [0.717, 1.165) is 5.56 Å². The predicted molar refractivity (Wildman–Crippen MR) is 92.2 cm³/mol. The van der Waals surface area contributed by atoms with E-state index in [2.05, 4.69) is 10.6 Å². The molecule has 2 aromatic carbocycles. The minimum atomic E-state index is -0.515. The third-order valence-corrected chi connectivity index (χ3v) is 3.55. The van der Waals surface area contributed by atoms with E-state index in [1.807, 2.05) is 30.3 Å². The van der Waals surface area contributed by atoms with Crippen LogP contribution in [0, 0.1) is 10.1 Å². The van der Waals surface area contributed by atoms with Crippen LogP contribution in [0.2, 0.25) is 0 Å². The number of furan rings is 1. The Morgan fingerprint density at radius 2 is 1.84 bits per heavy atom. The highest BCUT2D eigenvalue weighted by atomic mass is 16.6. The highest BCUT2D eigenvalue weighted by molar-refractivity contribution is 5.90. The number of benzene rings is 2. The Hall–Kier alpha value is -3.61. The van der Waals surface area contributed by atoms with Gasteiger partial charge in [-0.2, -0.15) is 0 Å². The van der Waals surface area contributed by atoms with Crippen LogP contribution in [-0.2, 0) is 0 Å². The molecule has 2 amide bonds. The average Bonchev–Trinajstić information content (AvgIpc) is 3.15. The van der Waals surface area contributed by atoms with Gasteiger partial charge in [-0.25, -0.2) is 4.79 Å². The summed E-state index contributed by atoms with van der Waals surface area (Å²) in [4.78, 5) is 22.6. The Kier molecular flexibility index (Phi) is 4.75.